The zero-order valence-corrected chi connectivity index (χ0v) is 11.0. The van der Waals surface area contributed by atoms with Crippen LogP contribution in [0.2, 0.25) is 0 Å². The Balaban J connectivity index is 1.89. The molecule has 0 amide bonds. The van der Waals surface area contributed by atoms with Gasteiger partial charge in [0, 0.05) is 12.6 Å². The van der Waals surface area contributed by atoms with Crippen molar-refractivity contribution in [1.82, 2.24) is 0 Å². The van der Waals surface area contributed by atoms with Gasteiger partial charge >= 0.3 is 0 Å². The van der Waals surface area contributed by atoms with E-state index in [1.165, 1.54) is 24.8 Å². The van der Waals surface area contributed by atoms with Crippen LogP contribution in [0.25, 0.3) is 0 Å². The monoisotopic (exact) mass is 269 g/mol. The second kappa shape index (κ2) is 6.96. The predicted molar refractivity (Wildman–Crippen MR) is 71.4 cm³/mol. The number of rotatable bonds is 7. The van der Waals surface area contributed by atoms with Gasteiger partial charge in [-0.3, -0.25) is 0 Å². The summed E-state index contributed by atoms with van der Waals surface area (Å²) < 4.78 is 28.8. The van der Waals surface area contributed by atoms with E-state index >= 15 is 0 Å². The summed E-state index contributed by atoms with van der Waals surface area (Å²) >= 11 is 0. The third-order valence-corrected chi connectivity index (χ3v) is 3.76. The molecule has 1 aromatic rings. The molecule has 2 N–H and O–H groups in total. The quantitative estimate of drug-likeness (QED) is 0.767. The molecule has 0 spiro atoms. The number of alkyl halides is 2. The molecule has 1 aromatic carbocycles. The van der Waals surface area contributed by atoms with Crippen LogP contribution in [0.15, 0.2) is 24.3 Å². The number of halogens is 2. The predicted octanol–water partition coefficient (Wildman–Crippen LogP) is 3.63. The van der Waals surface area contributed by atoms with Gasteiger partial charge in [-0.2, -0.15) is 0 Å². The van der Waals surface area contributed by atoms with Crippen LogP contribution in [0.4, 0.5) is 8.78 Å². The lowest BCUT2D eigenvalue weighted by Gasteiger charge is -2.29. The molecule has 0 bridgehead atoms. The maximum atomic E-state index is 11.9. The second-order valence-electron chi connectivity index (χ2n) is 5.12. The third-order valence-electron chi connectivity index (χ3n) is 3.76. The summed E-state index contributed by atoms with van der Waals surface area (Å²) in [4.78, 5) is 0. The first-order valence-corrected chi connectivity index (χ1v) is 6.88. The van der Waals surface area contributed by atoms with E-state index < -0.39 is 13.0 Å². The van der Waals surface area contributed by atoms with Gasteiger partial charge in [-0.05, 0) is 36.3 Å². The van der Waals surface area contributed by atoms with E-state index in [1.54, 1.807) is 0 Å². The van der Waals surface area contributed by atoms with Crippen molar-refractivity contribution in [3.8, 4) is 0 Å². The minimum atomic E-state index is -2.40. The van der Waals surface area contributed by atoms with E-state index in [0.29, 0.717) is 12.3 Å². The van der Waals surface area contributed by atoms with E-state index in [1.807, 2.05) is 18.2 Å². The van der Waals surface area contributed by atoms with Crippen molar-refractivity contribution in [2.75, 3.05) is 13.2 Å². The summed E-state index contributed by atoms with van der Waals surface area (Å²) in [6.07, 6.45) is 1.91. The van der Waals surface area contributed by atoms with Crippen molar-refractivity contribution in [2.45, 2.75) is 44.1 Å². The average molecular weight is 269 g/mol. The fraction of sp³-hybridized carbons (Fsp3) is 0.600. The summed E-state index contributed by atoms with van der Waals surface area (Å²) in [5, 5.41) is 0. The van der Waals surface area contributed by atoms with Crippen LogP contribution in [-0.2, 0) is 4.74 Å². The SMILES string of the molecule is NC(CCOCC(F)F)c1ccccc1C1CCC1. The van der Waals surface area contributed by atoms with Crippen molar-refractivity contribution < 1.29 is 13.5 Å². The molecule has 0 aromatic heterocycles. The summed E-state index contributed by atoms with van der Waals surface area (Å²) in [7, 11) is 0. The van der Waals surface area contributed by atoms with Crippen LogP contribution in [-0.4, -0.2) is 19.6 Å². The van der Waals surface area contributed by atoms with E-state index in [-0.39, 0.29) is 12.6 Å². The van der Waals surface area contributed by atoms with Crippen molar-refractivity contribution in [3.63, 3.8) is 0 Å². The molecule has 106 valence electrons. The molecule has 1 unspecified atom stereocenters. The molecule has 1 fully saturated rings. The fourth-order valence-corrected chi connectivity index (χ4v) is 2.48. The summed E-state index contributed by atoms with van der Waals surface area (Å²) in [5.41, 5.74) is 8.64. The Bertz CT molecular complexity index is 393. The first kappa shape index (κ1) is 14.4. The van der Waals surface area contributed by atoms with Gasteiger partial charge in [0.2, 0.25) is 0 Å². The maximum Gasteiger partial charge on any atom is 0.261 e. The lowest BCUT2D eigenvalue weighted by molar-refractivity contribution is 0.0152. The zero-order valence-electron chi connectivity index (χ0n) is 11.0. The van der Waals surface area contributed by atoms with Gasteiger partial charge in [-0.15, -0.1) is 0 Å². The molecule has 1 atom stereocenters. The Hall–Kier alpha value is -1.00. The number of ether oxygens (including phenoxy) is 1. The van der Waals surface area contributed by atoms with Crippen LogP contribution in [0.1, 0.15) is 48.8 Å². The van der Waals surface area contributed by atoms with Gasteiger partial charge in [0.15, 0.2) is 0 Å². The van der Waals surface area contributed by atoms with Crippen molar-refractivity contribution in [3.05, 3.63) is 35.4 Å². The van der Waals surface area contributed by atoms with E-state index in [2.05, 4.69) is 6.07 Å². The molecular weight excluding hydrogens is 248 g/mol. The first-order chi connectivity index (χ1) is 9.18. The summed E-state index contributed by atoms with van der Waals surface area (Å²) in [6, 6.07) is 8.08. The number of hydrogen-bond acceptors (Lipinski definition) is 2. The molecule has 1 aliphatic rings. The Morgan fingerprint density at radius 2 is 2.00 bits per heavy atom. The summed E-state index contributed by atoms with van der Waals surface area (Å²) in [6.45, 7) is -0.221. The highest BCUT2D eigenvalue weighted by Crippen LogP contribution is 2.39. The summed E-state index contributed by atoms with van der Waals surface area (Å²) in [5.74, 6) is 0.629. The van der Waals surface area contributed by atoms with Crippen LogP contribution >= 0.6 is 0 Å². The van der Waals surface area contributed by atoms with Crippen molar-refractivity contribution >= 4 is 0 Å². The molecule has 2 nitrogen and oxygen atoms in total. The van der Waals surface area contributed by atoms with Gasteiger partial charge in [0.05, 0.1) is 0 Å². The standard InChI is InChI=1S/C15H21F2NO/c16-15(17)10-19-9-8-14(18)13-7-2-1-6-12(13)11-4-3-5-11/h1-2,6-7,11,14-15H,3-5,8-10,18H2. The molecule has 0 heterocycles. The van der Waals surface area contributed by atoms with Crippen LogP contribution in [0, 0.1) is 0 Å². The zero-order chi connectivity index (χ0) is 13.7. The van der Waals surface area contributed by atoms with E-state index in [4.69, 9.17) is 10.5 Å². The largest absolute Gasteiger partial charge is 0.375 e. The fourth-order valence-electron chi connectivity index (χ4n) is 2.48. The Kier molecular flexibility index (Phi) is 5.28. The second-order valence-corrected chi connectivity index (χ2v) is 5.12. The highest BCUT2D eigenvalue weighted by atomic mass is 19.3. The smallest absolute Gasteiger partial charge is 0.261 e. The minimum Gasteiger partial charge on any atom is -0.375 e. The van der Waals surface area contributed by atoms with Crippen LogP contribution in [0.5, 0.6) is 0 Å². The Morgan fingerprint density at radius 1 is 1.26 bits per heavy atom. The first-order valence-electron chi connectivity index (χ1n) is 6.88. The molecule has 1 aliphatic carbocycles. The molecule has 0 saturated heterocycles. The van der Waals surface area contributed by atoms with Crippen LogP contribution in [0.3, 0.4) is 0 Å². The molecule has 1 saturated carbocycles. The maximum absolute atomic E-state index is 11.9. The van der Waals surface area contributed by atoms with Gasteiger partial charge in [0.1, 0.15) is 6.61 Å². The van der Waals surface area contributed by atoms with E-state index in [0.717, 1.165) is 5.56 Å². The lowest BCUT2D eigenvalue weighted by atomic mass is 9.77. The van der Waals surface area contributed by atoms with Crippen molar-refractivity contribution in [1.29, 1.82) is 0 Å². The normalized spacial score (nSPS) is 17.5. The molecule has 19 heavy (non-hydrogen) atoms. The average Bonchev–Trinajstić information content (AvgIpc) is 2.33. The molecule has 2 rings (SSSR count). The van der Waals surface area contributed by atoms with Gasteiger partial charge in [0.25, 0.3) is 6.43 Å². The Morgan fingerprint density at radius 3 is 2.63 bits per heavy atom. The van der Waals surface area contributed by atoms with Gasteiger partial charge in [-0.25, -0.2) is 8.78 Å². The molecule has 0 radical (unpaired) electrons. The topological polar surface area (TPSA) is 35.2 Å². The molecular formula is C15H21F2NO. The van der Waals surface area contributed by atoms with Crippen LogP contribution < -0.4 is 5.73 Å². The lowest BCUT2D eigenvalue weighted by Crippen LogP contribution is -2.19. The number of hydrogen-bond donors (Lipinski definition) is 1. The molecule has 0 aliphatic heterocycles. The van der Waals surface area contributed by atoms with Gasteiger partial charge in [-0.1, -0.05) is 30.7 Å². The Labute approximate surface area is 112 Å². The third kappa shape index (κ3) is 3.98. The molecule has 4 heteroatoms. The number of benzene rings is 1. The van der Waals surface area contributed by atoms with Crippen molar-refractivity contribution in [2.24, 2.45) is 5.73 Å². The minimum absolute atomic E-state index is 0.130. The number of nitrogens with two attached hydrogens (primary N) is 1. The highest BCUT2D eigenvalue weighted by Gasteiger charge is 2.23. The van der Waals surface area contributed by atoms with E-state index in [9.17, 15) is 8.78 Å². The highest BCUT2D eigenvalue weighted by molar-refractivity contribution is 5.34. The van der Waals surface area contributed by atoms with Gasteiger partial charge < -0.3 is 10.5 Å².